The molecule has 0 amide bonds. The van der Waals surface area contributed by atoms with Gasteiger partial charge in [0, 0.05) is 13.2 Å². The lowest BCUT2D eigenvalue weighted by molar-refractivity contribution is 0.208. The molecule has 1 heterocycles. The molecule has 1 aliphatic heterocycles. The van der Waals surface area contributed by atoms with Crippen molar-refractivity contribution in [1.82, 2.24) is 0 Å². The molecular weight excluding hydrogens is 298 g/mol. The van der Waals surface area contributed by atoms with Crippen LogP contribution in [0.3, 0.4) is 0 Å². The summed E-state index contributed by atoms with van der Waals surface area (Å²) in [5.41, 5.74) is 1.65. The molecule has 1 aromatic carbocycles. The lowest BCUT2D eigenvalue weighted by Crippen LogP contribution is -2.07. The van der Waals surface area contributed by atoms with Crippen LogP contribution in [-0.2, 0) is 4.74 Å². The van der Waals surface area contributed by atoms with E-state index in [1.807, 2.05) is 0 Å². The fourth-order valence-electron chi connectivity index (χ4n) is 2.14. The molecule has 0 saturated carbocycles. The van der Waals surface area contributed by atoms with E-state index in [1.165, 1.54) is 0 Å². The van der Waals surface area contributed by atoms with Crippen LogP contribution in [0.1, 0.15) is 5.56 Å². The second kappa shape index (κ2) is 7.95. The molecule has 2 rings (SSSR count). The molecule has 0 spiro atoms. The predicted molar refractivity (Wildman–Crippen MR) is 82.1 cm³/mol. The van der Waals surface area contributed by atoms with E-state index in [0.29, 0.717) is 42.8 Å². The van der Waals surface area contributed by atoms with Crippen molar-refractivity contribution in [1.29, 1.82) is 0 Å². The van der Waals surface area contributed by atoms with Crippen molar-refractivity contribution in [2.45, 2.75) is 0 Å². The third-order valence-corrected chi connectivity index (χ3v) is 3.04. The van der Waals surface area contributed by atoms with Gasteiger partial charge in [0.25, 0.3) is 0 Å². The number of rotatable bonds is 6. The summed E-state index contributed by atoms with van der Waals surface area (Å²) >= 11 is 0. The van der Waals surface area contributed by atoms with Gasteiger partial charge < -0.3 is 23.7 Å². The Morgan fingerprint density at radius 2 is 1.81 bits per heavy atom. The summed E-state index contributed by atoms with van der Waals surface area (Å²) in [7, 11) is 6.38. The number of nitrogens with zero attached hydrogens (tertiary/aromatic N) is 1. The standard InChI is InChI=1S/C14H19NO5.ClH/c1-16-6-5-15-9-8-20-10-7-11(17-2)13(18-3)14(19-4)12(9)10;/h7H,5-6,8H2,1-4H3;1H. The molecule has 0 fully saturated rings. The van der Waals surface area contributed by atoms with Gasteiger partial charge in [-0.05, 0) is 0 Å². The quantitative estimate of drug-likeness (QED) is 0.751. The minimum Gasteiger partial charge on any atom is -0.493 e. The van der Waals surface area contributed by atoms with Gasteiger partial charge in [0.15, 0.2) is 11.5 Å². The molecule has 6 nitrogen and oxygen atoms in total. The maximum absolute atomic E-state index is 5.64. The Morgan fingerprint density at radius 1 is 1.10 bits per heavy atom. The number of halogens is 1. The van der Waals surface area contributed by atoms with Gasteiger partial charge in [0.05, 0.1) is 45.8 Å². The van der Waals surface area contributed by atoms with Crippen LogP contribution in [-0.4, -0.2) is 53.9 Å². The second-order valence-electron chi connectivity index (χ2n) is 4.13. The topological polar surface area (TPSA) is 58.5 Å². The van der Waals surface area contributed by atoms with Crippen molar-refractivity contribution in [2.24, 2.45) is 4.99 Å². The molecule has 0 saturated heterocycles. The van der Waals surface area contributed by atoms with Crippen LogP contribution in [0.2, 0.25) is 0 Å². The number of aliphatic imine (C=N–C) groups is 1. The third-order valence-electron chi connectivity index (χ3n) is 3.04. The highest BCUT2D eigenvalue weighted by Gasteiger charge is 2.29. The summed E-state index contributed by atoms with van der Waals surface area (Å²) in [4.78, 5) is 4.48. The Morgan fingerprint density at radius 3 is 2.38 bits per heavy atom. The van der Waals surface area contributed by atoms with Gasteiger partial charge in [0.2, 0.25) is 5.75 Å². The van der Waals surface area contributed by atoms with Crippen molar-refractivity contribution in [3.05, 3.63) is 11.6 Å². The summed E-state index contributed by atoms with van der Waals surface area (Å²) in [6.45, 7) is 1.55. The average Bonchev–Trinajstić information content (AvgIpc) is 2.88. The molecule has 1 aromatic rings. The Hall–Kier alpha value is -1.66. The van der Waals surface area contributed by atoms with Gasteiger partial charge in [-0.1, -0.05) is 0 Å². The maximum Gasteiger partial charge on any atom is 0.204 e. The van der Waals surface area contributed by atoms with Crippen LogP contribution in [0.5, 0.6) is 23.0 Å². The smallest absolute Gasteiger partial charge is 0.204 e. The zero-order valence-electron chi connectivity index (χ0n) is 12.6. The summed E-state index contributed by atoms with van der Waals surface area (Å²) in [5.74, 6) is 2.38. The van der Waals surface area contributed by atoms with Gasteiger partial charge in [-0.15, -0.1) is 12.4 Å². The highest BCUT2D eigenvalue weighted by molar-refractivity contribution is 6.09. The van der Waals surface area contributed by atoms with E-state index in [0.717, 1.165) is 11.3 Å². The molecule has 1 aliphatic rings. The van der Waals surface area contributed by atoms with Gasteiger partial charge in [-0.3, -0.25) is 4.99 Å². The molecule has 0 bridgehead atoms. The van der Waals surface area contributed by atoms with E-state index in [9.17, 15) is 0 Å². The minimum absolute atomic E-state index is 0. The minimum atomic E-state index is 0. The number of hydrogen-bond donors (Lipinski definition) is 0. The van der Waals surface area contributed by atoms with E-state index < -0.39 is 0 Å². The molecule has 0 aromatic heterocycles. The molecule has 118 valence electrons. The van der Waals surface area contributed by atoms with E-state index in [1.54, 1.807) is 34.5 Å². The lowest BCUT2D eigenvalue weighted by Gasteiger charge is -2.14. The SMILES string of the molecule is COCCN=C1COc2cc(OC)c(OC)c(OC)c21.Cl. The van der Waals surface area contributed by atoms with Crippen LogP contribution in [0.25, 0.3) is 0 Å². The largest absolute Gasteiger partial charge is 0.493 e. The van der Waals surface area contributed by atoms with Crippen LogP contribution >= 0.6 is 12.4 Å². The number of fused-ring (bicyclic) bond motifs is 1. The Bertz CT molecular complexity index is 519. The van der Waals surface area contributed by atoms with Crippen LogP contribution in [0.15, 0.2) is 11.1 Å². The molecule has 0 unspecified atom stereocenters. The van der Waals surface area contributed by atoms with Crippen LogP contribution < -0.4 is 18.9 Å². The first-order chi connectivity index (χ1) is 9.76. The highest BCUT2D eigenvalue weighted by Crippen LogP contribution is 2.47. The average molecular weight is 318 g/mol. The van der Waals surface area contributed by atoms with E-state index in [-0.39, 0.29) is 12.4 Å². The molecular formula is C14H20ClNO5. The predicted octanol–water partition coefficient (Wildman–Crippen LogP) is 1.96. The first-order valence-electron chi connectivity index (χ1n) is 6.25. The number of hydrogen-bond acceptors (Lipinski definition) is 6. The lowest BCUT2D eigenvalue weighted by atomic mass is 10.1. The van der Waals surface area contributed by atoms with Crippen LogP contribution in [0.4, 0.5) is 0 Å². The Balaban J connectivity index is 0.00000220. The van der Waals surface area contributed by atoms with E-state index >= 15 is 0 Å². The molecule has 0 radical (unpaired) electrons. The number of methoxy groups -OCH3 is 4. The molecule has 7 heteroatoms. The zero-order valence-corrected chi connectivity index (χ0v) is 13.4. The van der Waals surface area contributed by atoms with Crippen molar-refractivity contribution in [3.63, 3.8) is 0 Å². The Labute approximate surface area is 130 Å². The van der Waals surface area contributed by atoms with Gasteiger partial charge in [-0.2, -0.15) is 0 Å². The highest BCUT2D eigenvalue weighted by atomic mass is 35.5. The molecule has 0 N–H and O–H groups in total. The fraction of sp³-hybridized carbons (Fsp3) is 0.500. The first-order valence-corrected chi connectivity index (χ1v) is 6.25. The molecule has 0 atom stereocenters. The third kappa shape index (κ3) is 3.33. The maximum atomic E-state index is 5.64. The van der Waals surface area contributed by atoms with Gasteiger partial charge in [-0.25, -0.2) is 0 Å². The fourth-order valence-corrected chi connectivity index (χ4v) is 2.14. The summed E-state index contributed by atoms with van der Waals surface area (Å²) in [6, 6.07) is 1.79. The monoisotopic (exact) mass is 317 g/mol. The zero-order chi connectivity index (χ0) is 14.5. The van der Waals surface area contributed by atoms with Crippen molar-refractivity contribution >= 4 is 18.1 Å². The summed E-state index contributed by atoms with van der Waals surface area (Å²) in [6.07, 6.45) is 0. The number of benzene rings is 1. The summed E-state index contributed by atoms with van der Waals surface area (Å²) < 4.78 is 26.8. The van der Waals surface area contributed by atoms with Crippen molar-refractivity contribution in [3.8, 4) is 23.0 Å². The van der Waals surface area contributed by atoms with E-state index in [4.69, 9.17) is 23.7 Å². The normalized spacial score (nSPS) is 14.2. The van der Waals surface area contributed by atoms with Crippen LogP contribution in [0, 0.1) is 0 Å². The molecule has 0 aliphatic carbocycles. The van der Waals surface area contributed by atoms with E-state index in [2.05, 4.69) is 4.99 Å². The first kappa shape index (κ1) is 17.4. The molecule has 21 heavy (non-hydrogen) atoms. The van der Waals surface area contributed by atoms with Gasteiger partial charge in [0.1, 0.15) is 12.4 Å². The number of ether oxygens (including phenoxy) is 5. The summed E-state index contributed by atoms with van der Waals surface area (Å²) in [5, 5.41) is 0. The Kier molecular flexibility index (Phi) is 6.58. The second-order valence-corrected chi connectivity index (χ2v) is 4.13. The van der Waals surface area contributed by atoms with Crippen molar-refractivity contribution < 1.29 is 23.7 Å². The van der Waals surface area contributed by atoms with Gasteiger partial charge >= 0.3 is 0 Å². The van der Waals surface area contributed by atoms with Crippen molar-refractivity contribution in [2.75, 3.05) is 48.2 Å².